The molecule has 0 radical (unpaired) electrons. The Bertz CT molecular complexity index is 818. The molecule has 8 nitrogen and oxygen atoms in total. The Morgan fingerprint density at radius 1 is 1.21 bits per heavy atom. The predicted octanol–water partition coefficient (Wildman–Crippen LogP) is 1.22. The molecule has 0 amide bonds. The first-order valence-corrected chi connectivity index (χ1v) is 7.90. The van der Waals surface area contributed by atoms with Crippen LogP contribution in [0.2, 0.25) is 0 Å². The third kappa shape index (κ3) is 3.09. The Kier molecular flexibility index (Phi) is 4.11. The van der Waals surface area contributed by atoms with Crippen molar-refractivity contribution in [2.45, 2.75) is 19.4 Å². The van der Waals surface area contributed by atoms with Crippen LogP contribution in [0.1, 0.15) is 17.1 Å². The van der Waals surface area contributed by atoms with Gasteiger partial charge in [0, 0.05) is 36.5 Å². The van der Waals surface area contributed by atoms with Gasteiger partial charge in [-0.1, -0.05) is 5.16 Å². The fourth-order valence-corrected chi connectivity index (χ4v) is 2.72. The van der Waals surface area contributed by atoms with Crippen LogP contribution in [-0.4, -0.2) is 38.2 Å². The average Bonchev–Trinajstić information content (AvgIpc) is 2.97. The predicted molar refractivity (Wildman–Crippen MR) is 87.2 cm³/mol. The molecule has 0 unspecified atom stereocenters. The molecule has 2 N–H and O–H groups in total. The number of rotatable bonds is 4. The molecule has 0 aromatic carbocycles. The number of pyridine rings is 1. The van der Waals surface area contributed by atoms with Gasteiger partial charge in [-0.25, -0.2) is 9.97 Å². The SMILES string of the molecule is c1cncc(-c2noc(CNc3ncnc4c3CCNCC4)n2)c1. The molecule has 0 spiro atoms. The van der Waals surface area contributed by atoms with Crippen molar-refractivity contribution in [3.8, 4) is 11.4 Å². The van der Waals surface area contributed by atoms with Crippen LogP contribution in [0.4, 0.5) is 5.82 Å². The van der Waals surface area contributed by atoms with Gasteiger partial charge in [-0.3, -0.25) is 4.98 Å². The molecule has 0 saturated heterocycles. The van der Waals surface area contributed by atoms with Crippen LogP contribution in [0.5, 0.6) is 0 Å². The van der Waals surface area contributed by atoms with Crippen molar-refractivity contribution in [2.75, 3.05) is 18.4 Å². The van der Waals surface area contributed by atoms with Crippen LogP contribution in [0, 0.1) is 0 Å². The van der Waals surface area contributed by atoms with Gasteiger partial charge in [0.25, 0.3) is 0 Å². The van der Waals surface area contributed by atoms with E-state index in [4.69, 9.17) is 4.52 Å². The lowest BCUT2D eigenvalue weighted by Crippen LogP contribution is -2.16. The minimum atomic E-state index is 0.421. The molecule has 24 heavy (non-hydrogen) atoms. The van der Waals surface area contributed by atoms with Crippen LogP contribution < -0.4 is 10.6 Å². The molecule has 1 aliphatic heterocycles. The largest absolute Gasteiger partial charge is 0.361 e. The molecule has 3 aromatic rings. The maximum Gasteiger partial charge on any atom is 0.246 e. The first-order valence-electron chi connectivity index (χ1n) is 7.90. The van der Waals surface area contributed by atoms with E-state index in [2.05, 4.69) is 35.7 Å². The van der Waals surface area contributed by atoms with Gasteiger partial charge in [0.2, 0.25) is 11.7 Å². The van der Waals surface area contributed by atoms with Crippen molar-refractivity contribution in [1.82, 2.24) is 30.4 Å². The van der Waals surface area contributed by atoms with E-state index in [1.165, 1.54) is 0 Å². The Labute approximate surface area is 138 Å². The molecule has 8 heteroatoms. The number of nitrogens with one attached hydrogen (secondary N) is 2. The highest BCUT2D eigenvalue weighted by Gasteiger charge is 2.15. The second-order valence-electron chi connectivity index (χ2n) is 5.50. The topological polar surface area (TPSA) is 102 Å². The molecular formula is C16H17N7O. The van der Waals surface area contributed by atoms with Crippen molar-refractivity contribution < 1.29 is 4.52 Å². The second kappa shape index (κ2) is 6.71. The molecule has 4 rings (SSSR count). The van der Waals surface area contributed by atoms with Crippen LogP contribution in [0.3, 0.4) is 0 Å². The summed E-state index contributed by atoms with van der Waals surface area (Å²) < 4.78 is 5.30. The lowest BCUT2D eigenvalue weighted by atomic mass is 10.1. The van der Waals surface area contributed by atoms with E-state index in [0.29, 0.717) is 18.3 Å². The summed E-state index contributed by atoms with van der Waals surface area (Å²) in [6.07, 6.45) is 6.84. The Hall–Kier alpha value is -2.87. The second-order valence-corrected chi connectivity index (χ2v) is 5.50. The molecule has 0 bridgehead atoms. The van der Waals surface area contributed by atoms with E-state index in [0.717, 1.165) is 48.6 Å². The molecule has 1 aliphatic rings. The number of hydrogen-bond acceptors (Lipinski definition) is 8. The number of fused-ring (bicyclic) bond motifs is 1. The van der Waals surface area contributed by atoms with Crippen molar-refractivity contribution in [2.24, 2.45) is 0 Å². The van der Waals surface area contributed by atoms with E-state index in [9.17, 15) is 0 Å². The minimum absolute atomic E-state index is 0.421. The highest BCUT2D eigenvalue weighted by Crippen LogP contribution is 2.19. The fraction of sp³-hybridized carbons (Fsp3) is 0.312. The van der Waals surface area contributed by atoms with Crippen molar-refractivity contribution in [3.05, 3.63) is 48.0 Å². The summed E-state index contributed by atoms with van der Waals surface area (Å²) in [6.45, 7) is 2.30. The van der Waals surface area contributed by atoms with Crippen LogP contribution in [-0.2, 0) is 19.4 Å². The van der Waals surface area contributed by atoms with Gasteiger partial charge >= 0.3 is 0 Å². The van der Waals surface area contributed by atoms with Crippen LogP contribution >= 0.6 is 0 Å². The van der Waals surface area contributed by atoms with Gasteiger partial charge in [-0.2, -0.15) is 4.98 Å². The molecule has 4 heterocycles. The molecular weight excluding hydrogens is 306 g/mol. The smallest absolute Gasteiger partial charge is 0.246 e. The van der Waals surface area contributed by atoms with E-state index >= 15 is 0 Å². The van der Waals surface area contributed by atoms with Crippen molar-refractivity contribution >= 4 is 5.82 Å². The summed E-state index contributed by atoms with van der Waals surface area (Å²) in [5, 5.41) is 10.7. The van der Waals surface area contributed by atoms with Gasteiger partial charge in [-0.05, 0) is 25.1 Å². The standard InChI is InChI=1S/C16H17N7O/c1-2-11(8-18-5-1)15-22-14(24-23-15)9-19-16-12-3-6-17-7-4-13(12)20-10-21-16/h1-2,5,8,10,17H,3-4,6-7,9H2,(H,19,20,21). The van der Waals surface area contributed by atoms with Crippen molar-refractivity contribution in [1.29, 1.82) is 0 Å². The summed E-state index contributed by atoms with van der Waals surface area (Å²) in [6, 6.07) is 3.74. The van der Waals surface area contributed by atoms with Gasteiger partial charge < -0.3 is 15.2 Å². The number of anilines is 1. The molecule has 0 saturated carbocycles. The molecule has 0 atom stereocenters. The molecule has 122 valence electrons. The number of aromatic nitrogens is 5. The third-order valence-electron chi connectivity index (χ3n) is 3.92. The van der Waals surface area contributed by atoms with E-state index in [1.54, 1.807) is 18.7 Å². The summed E-state index contributed by atoms with van der Waals surface area (Å²) in [4.78, 5) is 17.2. The number of nitrogens with zero attached hydrogens (tertiary/aromatic N) is 5. The van der Waals surface area contributed by atoms with Gasteiger partial charge in [0.05, 0.1) is 12.2 Å². The Morgan fingerprint density at radius 2 is 2.17 bits per heavy atom. The zero-order valence-electron chi connectivity index (χ0n) is 13.1. The first kappa shape index (κ1) is 14.7. The lowest BCUT2D eigenvalue weighted by Gasteiger charge is -2.10. The van der Waals surface area contributed by atoms with E-state index in [1.807, 2.05) is 12.1 Å². The Balaban J connectivity index is 1.49. The minimum Gasteiger partial charge on any atom is -0.361 e. The van der Waals surface area contributed by atoms with Gasteiger partial charge in [-0.15, -0.1) is 0 Å². The fourth-order valence-electron chi connectivity index (χ4n) is 2.72. The summed E-state index contributed by atoms with van der Waals surface area (Å²) in [5.74, 6) is 1.88. The Morgan fingerprint density at radius 3 is 3.08 bits per heavy atom. The molecule has 3 aromatic heterocycles. The van der Waals surface area contributed by atoms with Gasteiger partial charge in [0.1, 0.15) is 12.1 Å². The monoisotopic (exact) mass is 323 g/mol. The first-order chi connectivity index (χ1) is 11.9. The maximum absolute atomic E-state index is 5.30. The number of hydrogen-bond donors (Lipinski definition) is 2. The summed E-state index contributed by atoms with van der Waals surface area (Å²) >= 11 is 0. The lowest BCUT2D eigenvalue weighted by molar-refractivity contribution is 0.384. The zero-order valence-corrected chi connectivity index (χ0v) is 13.1. The van der Waals surface area contributed by atoms with Gasteiger partial charge in [0.15, 0.2) is 0 Å². The van der Waals surface area contributed by atoms with Crippen LogP contribution in [0.15, 0.2) is 35.4 Å². The molecule has 0 aliphatic carbocycles. The quantitative estimate of drug-likeness (QED) is 0.739. The highest BCUT2D eigenvalue weighted by molar-refractivity contribution is 5.52. The summed E-state index contributed by atoms with van der Waals surface area (Å²) in [5.41, 5.74) is 3.09. The zero-order chi connectivity index (χ0) is 16.2. The van der Waals surface area contributed by atoms with Crippen molar-refractivity contribution in [3.63, 3.8) is 0 Å². The maximum atomic E-state index is 5.30. The third-order valence-corrected chi connectivity index (χ3v) is 3.92. The molecule has 0 fully saturated rings. The normalized spacial score (nSPS) is 14.0. The van der Waals surface area contributed by atoms with Crippen LogP contribution in [0.25, 0.3) is 11.4 Å². The summed E-state index contributed by atoms with van der Waals surface area (Å²) in [7, 11) is 0. The van der Waals surface area contributed by atoms with E-state index < -0.39 is 0 Å². The highest BCUT2D eigenvalue weighted by atomic mass is 16.5. The average molecular weight is 323 g/mol. The van der Waals surface area contributed by atoms with E-state index in [-0.39, 0.29) is 0 Å².